The maximum absolute atomic E-state index is 12.8. The van der Waals surface area contributed by atoms with E-state index in [0.29, 0.717) is 0 Å². The number of halogens is 3. The van der Waals surface area contributed by atoms with Gasteiger partial charge in [-0.2, -0.15) is 13.2 Å². The number of hydrogen-bond acceptors (Lipinski definition) is 1. The lowest BCUT2D eigenvalue weighted by atomic mass is 10.1. The van der Waals surface area contributed by atoms with Crippen LogP contribution >= 0.6 is 0 Å². The molecule has 0 saturated carbocycles. The van der Waals surface area contributed by atoms with Crippen LogP contribution in [0.1, 0.15) is 22.3 Å². The van der Waals surface area contributed by atoms with Crippen LogP contribution in [0.3, 0.4) is 0 Å². The zero-order valence-electron chi connectivity index (χ0n) is 13.1. The molecule has 1 N–H and O–H groups in total. The number of hydrogen-bond donors (Lipinski definition) is 1. The SMILES string of the molecule is Cc1cccc(CC(=O)NCC#Cc2ccccc2C(F)(F)F)c1. The Morgan fingerprint density at radius 3 is 2.58 bits per heavy atom. The van der Waals surface area contributed by atoms with Crippen LogP contribution in [0.2, 0.25) is 0 Å². The van der Waals surface area contributed by atoms with Crippen LogP contribution in [-0.4, -0.2) is 12.5 Å². The van der Waals surface area contributed by atoms with E-state index in [9.17, 15) is 18.0 Å². The fourth-order valence-electron chi connectivity index (χ4n) is 2.19. The van der Waals surface area contributed by atoms with Crippen LogP contribution in [0.4, 0.5) is 13.2 Å². The van der Waals surface area contributed by atoms with Gasteiger partial charge in [-0.3, -0.25) is 4.79 Å². The summed E-state index contributed by atoms with van der Waals surface area (Å²) in [5, 5.41) is 2.59. The van der Waals surface area contributed by atoms with Gasteiger partial charge in [0.15, 0.2) is 0 Å². The normalized spacial score (nSPS) is 10.7. The molecule has 2 nitrogen and oxygen atoms in total. The molecule has 2 aromatic rings. The average molecular weight is 331 g/mol. The van der Waals surface area contributed by atoms with Crippen LogP contribution in [0, 0.1) is 18.8 Å². The first-order valence-corrected chi connectivity index (χ1v) is 7.33. The average Bonchev–Trinajstić information content (AvgIpc) is 2.51. The van der Waals surface area contributed by atoms with Crippen LogP contribution < -0.4 is 5.32 Å². The predicted molar refractivity (Wildman–Crippen MR) is 86.2 cm³/mol. The standard InChI is InChI=1S/C19H16F3NO/c1-14-6-4-7-15(12-14)13-18(24)23-11-5-9-16-8-2-3-10-17(16)19(20,21)22/h2-4,6-8,10,12H,11,13H2,1H3,(H,23,24). The van der Waals surface area contributed by atoms with Crippen molar-refractivity contribution >= 4 is 5.91 Å². The van der Waals surface area contributed by atoms with Gasteiger partial charge < -0.3 is 5.32 Å². The second kappa shape index (κ2) is 7.69. The number of benzene rings is 2. The quantitative estimate of drug-likeness (QED) is 0.853. The maximum atomic E-state index is 12.8. The Balaban J connectivity index is 1.94. The summed E-state index contributed by atoms with van der Waals surface area (Å²) in [4.78, 5) is 11.8. The fourth-order valence-corrected chi connectivity index (χ4v) is 2.19. The molecule has 0 saturated heterocycles. The minimum absolute atomic E-state index is 0.00313. The number of alkyl halides is 3. The molecular weight excluding hydrogens is 315 g/mol. The largest absolute Gasteiger partial charge is 0.417 e. The maximum Gasteiger partial charge on any atom is 0.417 e. The summed E-state index contributed by atoms with van der Waals surface area (Å²) in [6.07, 6.45) is -4.23. The van der Waals surface area contributed by atoms with Crippen molar-refractivity contribution in [2.75, 3.05) is 6.54 Å². The van der Waals surface area contributed by atoms with Crippen molar-refractivity contribution in [3.8, 4) is 11.8 Å². The lowest BCUT2D eigenvalue weighted by Crippen LogP contribution is -2.25. The summed E-state index contributed by atoms with van der Waals surface area (Å²) in [5.41, 5.74) is 1.06. The molecule has 24 heavy (non-hydrogen) atoms. The Labute approximate surface area is 138 Å². The highest BCUT2D eigenvalue weighted by Gasteiger charge is 2.32. The molecule has 0 unspecified atom stereocenters. The van der Waals surface area contributed by atoms with E-state index >= 15 is 0 Å². The second-order valence-corrected chi connectivity index (χ2v) is 5.29. The number of nitrogens with one attached hydrogen (secondary N) is 1. The highest BCUT2D eigenvalue weighted by molar-refractivity contribution is 5.78. The van der Waals surface area contributed by atoms with Gasteiger partial charge in [0.1, 0.15) is 0 Å². The Hall–Kier alpha value is -2.74. The van der Waals surface area contributed by atoms with Crippen LogP contribution in [-0.2, 0) is 17.4 Å². The number of carbonyl (C=O) groups is 1. The van der Waals surface area contributed by atoms with E-state index in [2.05, 4.69) is 17.2 Å². The minimum atomic E-state index is -4.44. The molecule has 0 aliphatic rings. The van der Waals surface area contributed by atoms with Gasteiger partial charge in [-0.15, -0.1) is 0 Å². The highest BCUT2D eigenvalue weighted by atomic mass is 19.4. The van der Waals surface area contributed by atoms with E-state index in [0.717, 1.165) is 17.2 Å². The first kappa shape index (κ1) is 17.6. The molecule has 0 aliphatic heterocycles. The number of aryl methyl sites for hydroxylation is 1. The van der Waals surface area contributed by atoms with Crippen molar-refractivity contribution in [3.63, 3.8) is 0 Å². The third-order valence-electron chi connectivity index (χ3n) is 3.28. The monoisotopic (exact) mass is 331 g/mol. The van der Waals surface area contributed by atoms with Gasteiger partial charge in [0.25, 0.3) is 0 Å². The molecule has 5 heteroatoms. The van der Waals surface area contributed by atoms with E-state index in [1.807, 2.05) is 31.2 Å². The Bertz CT molecular complexity index is 785. The molecule has 2 aromatic carbocycles. The van der Waals surface area contributed by atoms with Gasteiger partial charge >= 0.3 is 6.18 Å². The first-order valence-electron chi connectivity index (χ1n) is 7.33. The third kappa shape index (κ3) is 5.17. The molecule has 0 atom stereocenters. The summed E-state index contributed by atoms with van der Waals surface area (Å²) in [5.74, 6) is 4.80. The van der Waals surface area contributed by atoms with E-state index in [1.165, 1.54) is 18.2 Å². The van der Waals surface area contributed by atoms with Crippen LogP contribution in [0.25, 0.3) is 0 Å². The summed E-state index contributed by atoms with van der Waals surface area (Å²) >= 11 is 0. The molecule has 0 aromatic heterocycles. The van der Waals surface area contributed by atoms with Gasteiger partial charge in [-0.1, -0.05) is 53.8 Å². The smallest absolute Gasteiger partial charge is 0.345 e. The molecule has 0 spiro atoms. The van der Waals surface area contributed by atoms with Gasteiger partial charge in [0, 0.05) is 5.56 Å². The van der Waals surface area contributed by atoms with E-state index in [4.69, 9.17) is 0 Å². The highest BCUT2D eigenvalue weighted by Crippen LogP contribution is 2.31. The fraction of sp³-hybridized carbons (Fsp3) is 0.211. The van der Waals surface area contributed by atoms with Gasteiger partial charge in [-0.25, -0.2) is 0 Å². The van der Waals surface area contributed by atoms with Crippen molar-refractivity contribution in [1.82, 2.24) is 5.32 Å². The minimum Gasteiger partial charge on any atom is -0.345 e. The molecule has 0 aliphatic carbocycles. The van der Waals surface area contributed by atoms with Crippen LogP contribution in [0.15, 0.2) is 48.5 Å². The van der Waals surface area contributed by atoms with Gasteiger partial charge in [0.05, 0.1) is 18.5 Å². The number of rotatable bonds is 3. The zero-order valence-corrected chi connectivity index (χ0v) is 13.1. The zero-order chi connectivity index (χ0) is 17.6. The topological polar surface area (TPSA) is 29.1 Å². The molecule has 0 heterocycles. The number of carbonyl (C=O) groups excluding carboxylic acids is 1. The second-order valence-electron chi connectivity index (χ2n) is 5.29. The van der Waals surface area contributed by atoms with Gasteiger partial charge in [0.2, 0.25) is 5.91 Å². The summed E-state index contributed by atoms with van der Waals surface area (Å²) in [6.45, 7) is 1.93. The van der Waals surface area contributed by atoms with Crippen molar-refractivity contribution in [2.45, 2.75) is 19.5 Å². The van der Waals surface area contributed by atoms with Gasteiger partial charge in [-0.05, 0) is 24.6 Å². The van der Waals surface area contributed by atoms with E-state index in [-0.39, 0.29) is 24.4 Å². The summed E-state index contributed by atoms with van der Waals surface area (Å²) < 4.78 is 38.5. The summed E-state index contributed by atoms with van der Waals surface area (Å²) in [7, 11) is 0. The third-order valence-corrected chi connectivity index (χ3v) is 3.28. The summed E-state index contributed by atoms with van der Waals surface area (Å²) in [6, 6.07) is 12.7. The number of amides is 1. The van der Waals surface area contributed by atoms with Crippen molar-refractivity contribution in [2.24, 2.45) is 0 Å². The first-order chi connectivity index (χ1) is 11.4. The van der Waals surface area contributed by atoms with Crippen molar-refractivity contribution in [3.05, 3.63) is 70.8 Å². The van der Waals surface area contributed by atoms with E-state index < -0.39 is 11.7 Å². The molecule has 124 valence electrons. The predicted octanol–water partition coefficient (Wildman–Crippen LogP) is 3.72. The Morgan fingerprint density at radius 1 is 1.12 bits per heavy atom. The molecule has 0 bridgehead atoms. The Kier molecular flexibility index (Phi) is 5.64. The van der Waals surface area contributed by atoms with Crippen molar-refractivity contribution in [1.29, 1.82) is 0 Å². The molecular formula is C19H16F3NO. The van der Waals surface area contributed by atoms with E-state index in [1.54, 1.807) is 0 Å². The molecule has 0 fully saturated rings. The Morgan fingerprint density at radius 2 is 1.88 bits per heavy atom. The van der Waals surface area contributed by atoms with Crippen LogP contribution in [0.5, 0.6) is 0 Å². The lowest BCUT2D eigenvalue weighted by molar-refractivity contribution is -0.137. The molecule has 0 radical (unpaired) electrons. The molecule has 1 amide bonds. The molecule has 2 rings (SSSR count). The lowest BCUT2D eigenvalue weighted by Gasteiger charge is -2.08. The van der Waals surface area contributed by atoms with Crippen molar-refractivity contribution < 1.29 is 18.0 Å².